The number of hydrogen-bond acceptors (Lipinski definition) is 5. The lowest BCUT2D eigenvalue weighted by atomic mass is 10.3. The molecule has 0 aliphatic heterocycles. The number of nitrogens with zero attached hydrogens (tertiary/aromatic N) is 4. The summed E-state index contributed by atoms with van der Waals surface area (Å²) in [7, 11) is 0. The normalized spacial score (nSPS) is 11.7. The molecular weight excluding hydrogens is 405 g/mol. The molecule has 0 aliphatic rings. The zero-order chi connectivity index (χ0) is 18.2. The molecule has 2 aromatic heterocycles. The van der Waals surface area contributed by atoms with Crippen LogP contribution in [0, 0.1) is 0 Å². The van der Waals surface area contributed by atoms with Crippen LogP contribution in [-0.2, 0) is 10.9 Å². The number of alkyl halides is 3. The van der Waals surface area contributed by atoms with Gasteiger partial charge < -0.3 is 4.74 Å². The van der Waals surface area contributed by atoms with E-state index in [-0.39, 0.29) is 23.3 Å². The van der Waals surface area contributed by atoms with Crippen molar-refractivity contribution in [3.8, 4) is 5.69 Å². The second-order valence-electron chi connectivity index (χ2n) is 4.89. The highest BCUT2D eigenvalue weighted by atomic mass is 79.9. The van der Waals surface area contributed by atoms with Crippen LogP contribution in [0.15, 0.2) is 34.9 Å². The van der Waals surface area contributed by atoms with Gasteiger partial charge in [0, 0.05) is 10.7 Å². The second kappa shape index (κ2) is 6.43. The van der Waals surface area contributed by atoms with Crippen molar-refractivity contribution in [2.24, 2.45) is 0 Å². The molecule has 0 atom stereocenters. The first kappa shape index (κ1) is 17.3. The standard InChI is InChI=1S/C15H10BrF3N4O2/c1-2-25-13(24)11-10-7-20-14(15(17,18)19)21-12(10)23(22-11)9-5-3-4-8(16)6-9/h3-7H,2H2,1H3. The van der Waals surface area contributed by atoms with Gasteiger partial charge in [-0.25, -0.2) is 19.4 Å². The number of fused-ring (bicyclic) bond motifs is 1. The van der Waals surface area contributed by atoms with Gasteiger partial charge >= 0.3 is 12.1 Å². The molecule has 25 heavy (non-hydrogen) atoms. The maximum atomic E-state index is 12.9. The molecular formula is C15H10BrF3N4O2. The zero-order valence-electron chi connectivity index (χ0n) is 12.7. The largest absolute Gasteiger partial charge is 0.461 e. The van der Waals surface area contributed by atoms with Gasteiger partial charge in [-0.05, 0) is 25.1 Å². The SMILES string of the molecule is CCOC(=O)c1nn(-c2cccc(Br)c2)c2nc(C(F)(F)F)ncc12. The summed E-state index contributed by atoms with van der Waals surface area (Å²) in [6.45, 7) is 1.72. The Kier molecular flexibility index (Phi) is 4.46. The highest BCUT2D eigenvalue weighted by Crippen LogP contribution is 2.29. The third-order valence-electron chi connectivity index (χ3n) is 3.20. The molecule has 2 heterocycles. The van der Waals surface area contributed by atoms with E-state index in [1.807, 2.05) is 0 Å². The molecule has 130 valence electrons. The lowest BCUT2D eigenvalue weighted by Crippen LogP contribution is -2.11. The topological polar surface area (TPSA) is 69.9 Å². The van der Waals surface area contributed by atoms with Crippen LogP contribution in [0.3, 0.4) is 0 Å². The summed E-state index contributed by atoms with van der Waals surface area (Å²) in [5.74, 6) is -2.07. The van der Waals surface area contributed by atoms with Gasteiger partial charge in [-0.2, -0.15) is 18.3 Å². The Hall–Kier alpha value is -2.49. The van der Waals surface area contributed by atoms with E-state index in [1.54, 1.807) is 31.2 Å². The number of ether oxygens (including phenoxy) is 1. The Balaban J connectivity index is 2.28. The van der Waals surface area contributed by atoms with Crippen LogP contribution in [-0.4, -0.2) is 32.3 Å². The smallest absolute Gasteiger partial charge is 0.451 e. The van der Waals surface area contributed by atoms with Gasteiger partial charge in [-0.3, -0.25) is 0 Å². The summed E-state index contributed by atoms with van der Waals surface area (Å²) < 4.78 is 45.6. The van der Waals surface area contributed by atoms with Gasteiger partial charge in [-0.15, -0.1) is 0 Å². The predicted molar refractivity (Wildman–Crippen MR) is 85.3 cm³/mol. The fraction of sp³-hybridized carbons (Fsp3) is 0.200. The van der Waals surface area contributed by atoms with Crippen molar-refractivity contribution in [3.05, 3.63) is 46.5 Å². The molecule has 0 fully saturated rings. The molecule has 0 bridgehead atoms. The fourth-order valence-corrected chi connectivity index (χ4v) is 2.56. The van der Waals surface area contributed by atoms with Crippen LogP contribution in [0.1, 0.15) is 23.2 Å². The highest BCUT2D eigenvalue weighted by molar-refractivity contribution is 9.10. The van der Waals surface area contributed by atoms with Crippen molar-refractivity contribution < 1.29 is 22.7 Å². The van der Waals surface area contributed by atoms with Gasteiger partial charge in [0.05, 0.1) is 17.7 Å². The van der Waals surface area contributed by atoms with Crippen molar-refractivity contribution in [2.45, 2.75) is 13.1 Å². The molecule has 0 saturated heterocycles. The van der Waals surface area contributed by atoms with E-state index in [2.05, 4.69) is 31.0 Å². The third-order valence-corrected chi connectivity index (χ3v) is 3.69. The van der Waals surface area contributed by atoms with E-state index in [1.165, 1.54) is 0 Å². The van der Waals surface area contributed by atoms with Crippen molar-refractivity contribution in [2.75, 3.05) is 6.61 Å². The third kappa shape index (κ3) is 3.34. The Labute approximate surface area is 147 Å². The number of esters is 1. The highest BCUT2D eigenvalue weighted by Gasteiger charge is 2.36. The van der Waals surface area contributed by atoms with E-state index in [0.717, 1.165) is 10.9 Å². The van der Waals surface area contributed by atoms with Crippen molar-refractivity contribution in [1.82, 2.24) is 19.7 Å². The van der Waals surface area contributed by atoms with E-state index < -0.39 is 18.0 Å². The summed E-state index contributed by atoms with van der Waals surface area (Å²) in [6.07, 6.45) is -3.79. The van der Waals surface area contributed by atoms with Crippen LogP contribution in [0.25, 0.3) is 16.7 Å². The Morgan fingerprint density at radius 2 is 2.12 bits per heavy atom. The first-order valence-electron chi connectivity index (χ1n) is 7.07. The average Bonchev–Trinajstić information content (AvgIpc) is 2.93. The number of halogens is 4. The molecule has 10 heteroatoms. The molecule has 0 unspecified atom stereocenters. The van der Waals surface area contributed by atoms with E-state index in [4.69, 9.17) is 4.74 Å². The van der Waals surface area contributed by atoms with Crippen LogP contribution < -0.4 is 0 Å². The van der Waals surface area contributed by atoms with Crippen LogP contribution in [0.4, 0.5) is 13.2 Å². The lowest BCUT2D eigenvalue weighted by Gasteiger charge is -2.06. The second-order valence-corrected chi connectivity index (χ2v) is 5.81. The van der Waals surface area contributed by atoms with Crippen LogP contribution >= 0.6 is 15.9 Å². The Morgan fingerprint density at radius 3 is 2.76 bits per heavy atom. The predicted octanol–water partition coefficient (Wildman–Crippen LogP) is 3.77. The van der Waals surface area contributed by atoms with Crippen molar-refractivity contribution in [3.63, 3.8) is 0 Å². The van der Waals surface area contributed by atoms with Crippen LogP contribution in [0.2, 0.25) is 0 Å². The van der Waals surface area contributed by atoms with Crippen molar-refractivity contribution in [1.29, 1.82) is 0 Å². The molecule has 0 amide bonds. The molecule has 0 spiro atoms. The number of carbonyl (C=O) groups is 1. The van der Waals surface area contributed by atoms with E-state index >= 15 is 0 Å². The molecule has 0 aliphatic carbocycles. The lowest BCUT2D eigenvalue weighted by molar-refractivity contribution is -0.144. The van der Waals surface area contributed by atoms with Gasteiger partial charge in [0.2, 0.25) is 5.82 Å². The van der Waals surface area contributed by atoms with E-state index in [9.17, 15) is 18.0 Å². The molecule has 0 N–H and O–H groups in total. The number of rotatable bonds is 3. The number of carbonyl (C=O) groups excluding carboxylic acids is 1. The maximum absolute atomic E-state index is 12.9. The minimum Gasteiger partial charge on any atom is -0.461 e. The minimum atomic E-state index is -4.72. The number of benzene rings is 1. The minimum absolute atomic E-state index is 0.0754. The molecule has 6 nitrogen and oxygen atoms in total. The molecule has 3 rings (SSSR count). The maximum Gasteiger partial charge on any atom is 0.451 e. The number of hydrogen-bond donors (Lipinski definition) is 0. The summed E-state index contributed by atoms with van der Waals surface area (Å²) in [6, 6.07) is 6.69. The fourth-order valence-electron chi connectivity index (χ4n) is 2.18. The number of aromatic nitrogens is 4. The summed E-state index contributed by atoms with van der Waals surface area (Å²) >= 11 is 3.28. The Morgan fingerprint density at radius 1 is 1.36 bits per heavy atom. The first-order chi connectivity index (χ1) is 11.8. The van der Waals surface area contributed by atoms with Crippen molar-refractivity contribution >= 4 is 32.9 Å². The summed E-state index contributed by atoms with van der Waals surface area (Å²) in [5.41, 5.74) is 0.149. The zero-order valence-corrected chi connectivity index (χ0v) is 14.3. The molecule has 3 aromatic rings. The van der Waals surface area contributed by atoms with Gasteiger partial charge in [0.15, 0.2) is 11.3 Å². The van der Waals surface area contributed by atoms with Gasteiger partial charge in [0.25, 0.3) is 0 Å². The first-order valence-corrected chi connectivity index (χ1v) is 7.86. The van der Waals surface area contributed by atoms with Gasteiger partial charge in [-0.1, -0.05) is 22.0 Å². The summed E-state index contributed by atoms with van der Waals surface area (Å²) in [5, 5.41) is 4.17. The molecule has 0 radical (unpaired) electrons. The van der Waals surface area contributed by atoms with E-state index in [0.29, 0.717) is 10.2 Å². The van der Waals surface area contributed by atoms with Crippen LogP contribution in [0.5, 0.6) is 0 Å². The quantitative estimate of drug-likeness (QED) is 0.610. The average molecular weight is 415 g/mol. The van der Waals surface area contributed by atoms with Gasteiger partial charge in [0.1, 0.15) is 0 Å². The summed E-state index contributed by atoms with van der Waals surface area (Å²) in [4.78, 5) is 18.9. The molecule has 0 saturated carbocycles. The monoisotopic (exact) mass is 414 g/mol. The Bertz CT molecular complexity index is 956. The molecule has 1 aromatic carbocycles.